The van der Waals surface area contributed by atoms with E-state index >= 15 is 0 Å². The molecule has 0 spiro atoms. The van der Waals surface area contributed by atoms with E-state index in [1.54, 1.807) is 0 Å². The van der Waals surface area contributed by atoms with E-state index in [0.29, 0.717) is 12.0 Å². The SMILES string of the molecule is CC(C)C(C(=O)NN)N(C)C1CCC1. The van der Waals surface area contributed by atoms with Crippen molar-refractivity contribution >= 4 is 5.91 Å². The fourth-order valence-corrected chi connectivity index (χ4v) is 2.06. The average molecular weight is 199 g/mol. The predicted octanol–water partition coefficient (Wildman–Crippen LogP) is 0.485. The largest absolute Gasteiger partial charge is 0.293 e. The van der Waals surface area contributed by atoms with Crippen molar-refractivity contribution in [2.75, 3.05) is 7.05 Å². The summed E-state index contributed by atoms with van der Waals surface area (Å²) in [4.78, 5) is 13.7. The molecule has 1 saturated carbocycles. The van der Waals surface area contributed by atoms with E-state index in [1.807, 2.05) is 7.05 Å². The standard InChI is InChI=1S/C10H21N3O/c1-7(2)9(10(14)12-11)13(3)8-5-4-6-8/h7-9H,4-6,11H2,1-3H3,(H,12,14). The Bertz CT molecular complexity index is 202. The third kappa shape index (κ3) is 2.25. The van der Waals surface area contributed by atoms with E-state index in [9.17, 15) is 4.79 Å². The van der Waals surface area contributed by atoms with Crippen molar-refractivity contribution in [3.63, 3.8) is 0 Å². The van der Waals surface area contributed by atoms with E-state index in [4.69, 9.17) is 5.84 Å². The van der Waals surface area contributed by atoms with Gasteiger partial charge >= 0.3 is 0 Å². The van der Waals surface area contributed by atoms with Crippen LogP contribution < -0.4 is 11.3 Å². The molecule has 1 aliphatic carbocycles. The van der Waals surface area contributed by atoms with Crippen LogP contribution in [0.4, 0.5) is 0 Å². The minimum Gasteiger partial charge on any atom is -0.293 e. The quantitative estimate of drug-likeness (QED) is 0.393. The zero-order valence-corrected chi connectivity index (χ0v) is 9.29. The molecule has 4 heteroatoms. The van der Waals surface area contributed by atoms with Crippen LogP contribution in [0.15, 0.2) is 0 Å². The number of likely N-dealkylation sites (N-methyl/N-ethyl adjacent to an activating group) is 1. The number of rotatable bonds is 4. The van der Waals surface area contributed by atoms with E-state index in [-0.39, 0.29) is 11.9 Å². The van der Waals surface area contributed by atoms with Gasteiger partial charge in [0.05, 0.1) is 6.04 Å². The number of nitrogens with one attached hydrogen (secondary N) is 1. The first kappa shape index (κ1) is 11.5. The molecule has 3 N–H and O–H groups in total. The summed E-state index contributed by atoms with van der Waals surface area (Å²) in [7, 11) is 2.02. The topological polar surface area (TPSA) is 58.4 Å². The number of hydrogen-bond acceptors (Lipinski definition) is 3. The summed E-state index contributed by atoms with van der Waals surface area (Å²) in [5.41, 5.74) is 2.25. The van der Waals surface area contributed by atoms with Gasteiger partial charge in [0, 0.05) is 6.04 Å². The Labute approximate surface area is 85.8 Å². The normalized spacial score (nSPS) is 19.6. The van der Waals surface area contributed by atoms with Crippen molar-refractivity contribution in [3.05, 3.63) is 0 Å². The molecule has 82 valence electrons. The van der Waals surface area contributed by atoms with Gasteiger partial charge in [-0.05, 0) is 25.8 Å². The van der Waals surface area contributed by atoms with Gasteiger partial charge in [-0.25, -0.2) is 5.84 Å². The van der Waals surface area contributed by atoms with Gasteiger partial charge in [-0.2, -0.15) is 0 Å². The first-order valence-corrected chi connectivity index (χ1v) is 5.30. The molecule has 1 atom stereocenters. The summed E-state index contributed by atoms with van der Waals surface area (Å²) < 4.78 is 0. The molecule has 0 heterocycles. The molecule has 0 radical (unpaired) electrons. The molecular formula is C10H21N3O. The lowest BCUT2D eigenvalue weighted by Crippen LogP contribution is -2.54. The lowest BCUT2D eigenvalue weighted by molar-refractivity contribution is -0.129. The average Bonchev–Trinajstić information content (AvgIpc) is 2.00. The van der Waals surface area contributed by atoms with E-state index in [1.165, 1.54) is 19.3 Å². The summed E-state index contributed by atoms with van der Waals surface area (Å²) in [6.45, 7) is 4.10. The molecule has 0 aromatic heterocycles. The molecule has 0 aromatic rings. The fourth-order valence-electron chi connectivity index (χ4n) is 2.06. The first-order chi connectivity index (χ1) is 6.57. The van der Waals surface area contributed by atoms with Gasteiger partial charge in [-0.15, -0.1) is 0 Å². The fraction of sp³-hybridized carbons (Fsp3) is 0.900. The number of nitrogens with zero attached hydrogens (tertiary/aromatic N) is 1. The van der Waals surface area contributed by atoms with E-state index in [0.717, 1.165) is 0 Å². The molecule has 1 amide bonds. The molecule has 0 saturated heterocycles. The molecule has 4 nitrogen and oxygen atoms in total. The van der Waals surface area contributed by atoms with Gasteiger partial charge in [-0.1, -0.05) is 20.3 Å². The second-order valence-electron chi connectivity index (χ2n) is 4.45. The summed E-state index contributed by atoms with van der Waals surface area (Å²) in [6, 6.07) is 0.477. The Kier molecular flexibility index (Phi) is 3.89. The number of amides is 1. The van der Waals surface area contributed by atoms with Crippen LogP contribution in [-0.2, 0) is 4.79 Å². The second kappa shape index (κ2) is 4.75. The van der Waals surface area contributed by atoms with Gasteiger partial charge in [0.1, 0.15) is 0 Å². The van der Waals surface area contributed by atoms with Gasteiger partial charge in [0.15, 0.2) is 0 Å². The summed E-state index contributed by atoms with van der Waals surface area (Å²) in [5, 5.41) is 0. The Hall–Kier alpha value is -0.610. The van der Waals surface area contributed by atoms with Crippen molar-refractivity contribution in [3.8, 4) is 0 Å². The molecule has 1 fully saturated rings. The Balaban J connectivity index is 2.60. The highest BCUT2D eigenvalue weighted by molar-refractivity contribution is 5.81. The lowest BCUT2D eigenvalue weighted by atomic mass is 9.89. The van der Waals surface area contributed by atoms with Crippen LogP contribution >= 0.6 is 0 Å². The van der Waals surface area contributed by atoms with Gasteiger partial charge in [0.25, 0.3) is 5.91 Å². The molecule has 1 unspecified atom stereocenters. The van der Waals surface area contributed by atoms with Gasteiger partial charge in [0.2, 0.25) is 0 Å². The maximum atomic E-state index is 11.6. The number of nitrogens with two attached hydrogens (primary N) is 1. The van der Waals surface area contributed by atoms with Crippen LogP contribution in [0.3, 0.4) is 0 Å². The van der Waals surface area contributed by atoms with E-state index < -0.39 is 0 Å². The van der Waals surface area contributed by atoms with Crippen LogP contribution in [-0.4, -0.2) is 29.9 Å². The van der Waals surface area contributed by atoms with Crippen LogP contribution in [0.5, 0.6) is 0 Å². The van der Waals surface area contributed by atoms with E-state index in [2.05, 4.69) is 24.2 Å². The Morgan fingerprint density at radius 3 is 2.36 bits per heavy atom. The van der Waals surface area contributed by atoms with Crippen molar-refractivity contribution in [1.82, 2.24) is 10.3 Å². The summed E-state index contributed by atoms with van der Waals surface area (Å²) in [6.07, 6.45) is 3.69. The third-order valence-corrected chi connectivity index (χ3v) is 3.13. The van der Waals surface area contributed by atoms with Crippen LogP contribution in [0.2, 0.25) is 0 Å². The molecule has 14 heavy (non-hydrogen) atoms. The predicted molar refractivity (Wildman–Crippen MR) is 56.4 cm³/mol. The number of carbonyl (C=O) groups excluding carboxylic acids is 1. The number of carbonyl (C=O) groups is 1. The minimum atomic E-state index is -0.0923. The lowest BCUT2D eigenvalue weighted by Gasteiger charge is -2.40. The molecular weight excluding hydrogens is 178 g/mol. The molecule has 0 aromatic carbocycles. The highest BCUT2D eigenvalue weighted by Crippen LogP contribution is 2.26. The van der Waals surface area contributed by atoms with Crippen LogP contribution in [0.25, 0.3) is 0 Å². The van der Waals surface area contributed by atoms with Crippen molar-refractivity contribution in [2.24, 2.45) is 11.8 Å². The monoisotopic (exact) mass is 199 g/mol. The van der Waals surface area contributed by atoms with Crippen LogP contribution in [0.1, 0.15) is 33.1 Å². The van der Waals surface area contributed by atoms with Crippen molar-refractivity contribution in [1.29, 1.82) is 0 Å². The molecule has 1 aliphatic rings. The van der Waals surface area contributed by atoms with Gasteiger partial charge in [-0.3, -0.25) is 15.1 Å². The Morgan fingerprint density at radius 2 is 2.07 bits per heavy atom. The molecule has 1 rings (SSSR count). The summed E-state index contributed by atoms with van der Waals surface area (Å²) in [5.74, 6) is 5.40. The second-order valence-corrected chi connectivity index (χ2v) is 4.45. The zero-order valence-electron chi connectivity index (χ0n) is 9.29. The highest BCUT2D eigenvalue weighted by atomic mass is 16.2. The number of hydrazine groups is 1. The van der Waals surface area contributed by atoms with Gasteiger partial charge < -0.3 is 0 Å². The minimum absolute atomic E-state index is 0.0746. The highest BCUT2D eigenvalue weighted by Gasteiger charge is 2.33. The van der Waals surface area contributed by atoms with Crippen molar-refractivity contribution < 1.29 is 4.79 Å². The third-order valence-electron chi connectivity index (χ3n) is 3.13. The van der Waals surface area contributed by atoms with Crippen molar-refractivity contribution in [2.45, 2.75) is 45.2 Å². The Morgan fingerprint density at radius 1 is 1.50 bits per heavy atom. The maximum Gasteiger partial charge on any atom is 0.251 e. The summed E-state index contributed by atoms with van der Waals surface area (Å²) >= 11 is 0. The maximum absolute atomic E-state index is 11.6. The van der Waals surface area contributed by atoms with Crippen LogP contribution in [0, 0.1) is 5.92 Å². The molecule has 0 bridgehead atoms. The zero-order chi connectivity index (χ0) is 10.7. The first-order valence-electron chi connectivity index (χ1n) is 5.30. The molecule has 0 aliphatic heterocycles. The smallest absolute Gasteiger partial charge is 0.251 e. The number of hydrogen-bond donors (Lipinski definition) is 2.